The summed E-state index contributed by atoms with van der Waals surface area (Å²) in [5.74, 6) is -0.468. The molecule has 0 radical (unpaired) electrons. The van der Waals surface area contributed by atoms with Gasteiger partial charge in [-0.25, -0.2) is 0 Å². The van der Waals surface area contributed by atoms with Gasteiger partial charge in [0.05, 0.1) is 23.8 Å². The molecule has 1 heterocycles. The highest BCUT2D eigenvalue weighted by atomic mass is 16.2. The Morgan fingerprint density at radius 3 is 1.56 bits per heavy atom. The summed E-state index contributed by atoms with van der Waals surface area (Å²) in [6.07, 6.45) is 0. The molecule has 0 saturated heterocycles. The second-order valence-corrected chi connectivity index (χ2v) is 6.71. The Morgan fingerprint density at radius 1 is 0.704 bits per heavy atom. The van der Waals surface area contributed by atoms with Crippen molar-refractivity contribution in [3.63, 3.8) is 0 Å². The zero-order chi connectivity index (χ0) is 18.8. The first-order valence-corrected chi connectivity index (χ1v) is 8.92. The molecule has 4 heteroatoms. The molecule has 2 amide bonds. The fraction of sp³-hybridized carbons (Fsp3) is 0.130. The zero-order valence-corrected chi connectivity index (χ0v) is 15.1. The number of fused-ring (bicyclic) bond motifs is 1. The second kappa shape index (κ2) is 7.17. The number of imide groups is 1. The van der Waals surface area contributed by atoms with Crippen LogP contribution in [0.5, 0.6) is 0 Å². The fourth-order valence-corrected chi connectivity index (χ4v) is 3.64. The van der Waals surface area contributed by atoms with Gasteiger partial charge in [-0.05, 0) is 30.3 Å². The van der Waals surface area contributed by atoms with Crippen LogP contribution in [0.4, 0.5) is 0 Å². The summed E-state index contributed by atoms with van der Waals surface area (Å²) in [4.78, 5) is 28.8. The Balaban J connectivity index is 1.65. The third-order valence-corrected chi connectivity index (χ3v) is 4.91. The molecule has 0 unspecified atom stereocenters. The molecule has 0 aliphatic carbocycles. The second-order valence-electron chi connectivity index (χ2n) is 6.71. The summed E-state index contributed by atoms with van der Waals surface area (Å²) in [5, 5.41) is 0. The SMILES string of the molecule is CN(CN1C(=O)c2ccccc2C1=O)C(c1ccccc1)c1ccccc1. The minimum atomic E-state index is -0.234. The van der Waals surface area contributed by atoms with E-state index in [1.807, 2.05) is 48.3 Å². The van der Waals surface area contributed by atoms with Crippen LogP contribution >= 0.6 is 0 Å². The van der Waals surface area contributed by atoms with Gasteiger partial charge >= 0.3 is 0 Å². The lowest BCUT2D eigenvalue weighted by Gasteiger charge is -2.31. The van der Waals surface area contributed by atoms with Crippen molar-refractivity contribution in [1.82, 2.24) is 9.80 Å². The number of carbonyl (C=O) groups excluding carboxylic acids is 2. The van der Waals surface area contributed by atoms with Crippen LogP contribution in [0, 0.1) is 0 Å². The summed E-state index contributed by atoms with van der Waals surface area (Å²) < 4.78 is 0. The molecule has 0 fully saturated rings. The molecule has 1 aliphatic rings. The smallest absolute Gasteiger partial charge is 0.262 e. The maximum atomic E-state index is 12.7. The largest absolute Gasteiger partial charge is 0.277 e. The Morgan fingerprint density at radius 2 is 1.11 bits per heavy atom. The number of benzene rings is 3. The van der Waals surface area contributed by atoms with E-state index in [1.165, 1.54) is 4.90 Å². The van der Waals surface area contributed by atoms with Crippen molar-refractivity contribution in [2.45, 2.75) is 6.04 Å². The highest BCUT2D eigenvalue weighted by Gasteiger charge is 2.36. The van der Waals surface area contributed by atoms with Crippen molar-refractivity contribution < 1.29 is 9.59 Å². The number of hydrogen-bond donors (Lipinski definition) is 0. The van der Waals surface area contributed by atoms with Gasteiger partial charge in [-0.1, -0.05) is 72.8 Å². The molecule has 0 aromatic heterocycles. The van der Waals surface area contributed by atoms with Gasteiger partial charge in [-0.3, -0.25) is 19.4 Å². The van der Waals surface area contributed by atoms with Gasteiger partial charge in [0.15, 0.2) is 0 Å². The van der Waals surface area contributed by atoms with Crippen molar-refractivity contribution in [1.29, 1.82) is 0 Å². The van der Waals surface area contributed by atoms with Crippen LogP contribution in [0.25, 0.3) is 0 Å². The average Bonchev–Trinajstić information content (AvgIpc) is 2.95. The molecule has 3 aromatic carbocycles. The van der Waals surface area contributed by atoms with E-state index in [0.29, 0.717) is 11.1 Å². The zero-order valence-electron chi connectivity index (χ0n) is 15.1. The predicted octanol–water partition coefficient (Wildman–Crippen LogP) is 3.96. The topological polar surface area (TPSA) is 40.6 Å². The van der Waals surface area contributed by atoms with Gasteiger partial charge in [0, 0.05) is 0 Å². The summed E-state index contributed by atoms with van der Waals surface area (Å²) in [6.45, 7) is 0.223. The van der Waals surface area contributed by atoms with Gasteiger partial charge in [0.25, 0.3) is 11.8 Å². The van der Waals surface area contributed by atoms with Gasteiger partial charge < -0.3 is 0 Å². The van der Waals surface area contributed by atoms with E-state index >= 15 is 0 Å². The first kappa shape index (κ1) is 17.2. The van der Waals surface area contributed by atoms with Gasteiger partial charge in [-0.15, -0.1) is 0 Å². The molecule has 1 aliphatic heterocycles. The molecule has 3 aromatic rings. The van der Waals surface area contributed by atoms with E-state index in [2.05, 4.69) is 24.3 Å². The number of carbonyl (C=O) groups is 2. The maximum absolute atomic E-state index is 12.7. The predicted molar refractivity (Wildman–Crippen MR) is 104 cm³/mol. The summed E-state index contributed by atoms with van der Waals surface area (Å²) in [7, 11) is 1.94. The molecule has 4 nitrogen and oxygen atoms in total. The molecule has 4 rings (SSSR count). The molecule has 134 valence electrons. The number of rotatable bonds is 5. The van der Waals surface area contributed by atoms with E-state index in [-0.39, 0.29) is 24.5 Å². The van der Waals surface area contributed by atoms with E-state index < -0.39 is 0 Å². The first-order valence-electron chi connectivity index (χ1n) is 8.92. The number of hydrogen-bond acceptors (Lipinski definition) is 3. The lowest BCUT2D eigenvalue weighted by Crippen LogP contribution is -2.41. The minimum absolute atomic E-state index is 0.0586. The van der Waals surface area contributed by atoms with Crippen molar-refractivity contribution in [2.75, 3.05) is 13.7 Å². The normalized spacial score (nSPS) is 13.5. The third kappa shape index (κ3) is 3.15. The fourth-order valence-electron chi connectivity index (χ4n) is 3.64. The molecule has 0 bridgehead atoms. The Hall–Kier alpha value is -3.24. The first-order chi connectivity index (χ1) is 13.2. The highest BCUT2D eigenvalue weighted by molar-refractivity contribution is 6.21. The summed E-state index contributed by atoms with van der Waals surface area (Å²) in [6, 6.07) is 27.2. The van der Waals surface area contributed by atoms with E-state index in [4.69, 9.17) is 0 Å². The summed E-state index contributed by atoms with van der Waals surface area (Å²) >= 11 is 0. The van der Waals surface area contributed by atoms with E-state index in [0.717, 1.165) is 11.1 Å². The molecule has 0 N–H and O–H groups in total. The van der Waals surface area contributed by atoms with Gasteiger partial charge in [-0.2, -0.15) is 0 Å². The maximum Gasteiger partial charge on any atom is 0.262 e. The molecule has 27 heavy (non-hydrogen) atoms. The van der Waals surface area contributed by atoms with Gasteiger partial charge in [0.2, 0.25) is 0 Å². The van der Waals surface area contributed by atoms with Crippen molar-refractivity contribution in [3.8, 4) is 0 Å². The van der Waals surface area contributed by atoms with E-state index in [1.54, 1.807) is 24.3 Å². The molecule has 0 atom stereocenters. The van der Waals surface area contributed by atoms with E-state index in [9.17, 15) is 9.59 Å². The van der Waals surface area contributed by atoms with Crippen molar-refractivity contribution in [3.05, 3.63) is 107 Å². The quantitative estimate of drug-likeness (QED) is 0.650. The lowest BCUT2D eigenvalue weighted by atomic mass is 9.98. The standard InChI is InChI=1S/C23H20N2O2/c1-24(16-25-22(26)19-14-8-9-15-20(19)23(25)27)21(17-10-4-2-5-11-17)18-12-6-3-7-13-18/h2-15,21H,16H2,1H3. The third-order valence-electron chi connectivity index (χ3n) is 4.91. The van der Waals surface area contributed by atoms with Crippen LogP contribution in [0.2, 0.25) is 0 Å². The van der Waals surface area contributed by atoms with Crippen LogP contribution in [-0.4, -0.2) is 35.3 Å². The van der Waals surface area contributed by atoms with Crippen LogP contribution in [-0.2, 0) is 0 Å². The van der Waals surface area contributed by atoms with Crippen LogP contribution in [0.15, 0.2) is 84.9 Å². The van der Waals surface area contributed by atoms with Crippen molar-refractivity contribution >= 4 is 11.8 Å². The Kier molecular flexibility index (Phi) is 4.57. The van der Waals surface area contributed by atoms with Crippen LogP contribution < -0.4 is 0 Å². The summed E-state index contributed by atoms with van der Waals surface area (Å²) in [5.41, 5.74) is 3.18. The van der Waals surface area contributed by atoms with Crippen molar-refractivity contribution in [2.24, 2.45) is 0 Å². The molecular formula is C23H20N2O2. The van der Waals surface area contributed by atoms with Crippen LogP contribution in [0.3, 0.4) is 0 Å². The average molecular weight is 356 g/mol. The highest BCUT2D eigenvalue weighted by Crippen LogP contribution is 2.29. The Bertz CT molecular complexity index is 895. The van der Waals surface area contributed by atoms with Crippen LogP contribution in [0.1, 0.15) is 37.9 Å². The minimum Gasteiger partial charge on any atom is -0.277 e. The molecule has 0 spiro atoms. The molecule has 0 saturated carbocycles. The number of amides is 2. The van der Waals surface area contributed by atoms with Gasteiger partial charge in [0.1, 0.15) is 0 Å². The molecular weight excluding hydrogens is 336 g/mol. The number of nitrogens with zero attached hydrogens (tertiary/aromatic N) is 2. The lowest BCUT2D eigenvalue weighted by molar-refractivity contribution is 0.0540. The monoisotopic (exact) mass is 356 g/mol. The Labute approximate surface area is 158 Å².